The van der Waals surface area contributed by atoms with Gasteiger partial charge in [0.25, 0.3) is 0 Å². The predicted octanol–water partition coefficient (Wildman–Crippen LogP) is 4.14. The van der Waals surface area contributed by atoms with Crippen molar-refractivity contribution in [2.45, 2.75) is 46.1 Å². The zero-order chi connectivity index (χ0) is 12.1. The Morgan fingerprint density at radius 3 is 2.50 bits per heavy atom. The van der Waals surface area contributed by atoms with Crippen molar-refractivity contribution in [1.82, 2.24) is 5.32 Å². The van der Waals surface area contributed by atoms with Crippen molar-refractivity contribution in [3.05, 3.63) is 34.3 Å². The van der Waals surface area contributed by atoms with Crippen LogP contribution in [-0.4, -0.2) is 12.6 Å². The fourth-order valence-corrected chi connectivity index (χ4v) is 1.86. The van der Waals surface area contributed by atoms with E-state index < -0.39 is 0 Å². The molecule has 2 heteroatoms. The van der Waals surface area contributed by atoms with E-state index in [1.807, 2.05) is 6.92 Å². The molecule has 1 unspecified atom stereocenters. The molecule has 0 spiro atoms. The summed E-state index contributed by atoms with van der Waals surface area (Å²) in [5.74, 6) is 0.560. The highest BCUT2D eigenvalue weighted by Gasteiger charge is 2.07. The molecular weight excluding hydrogens is 218 g/mol. The lowest BCUT2D eigenvalue weighted by molar-refractivity contribution is 0.541. The van der Waals surface area contributed by atoms with E-state index in [4.69, 9.17) is 11.6 Å². The van der Waals surface area contributed by atoms with Crippen LogP contribution in [0.25, 0.3) is 0 Å². The topological polar surface area (TPSA) is 12.0 Å². The van der Waals surface area contributed by atoms with Gasteiger partial charge < -0.3 is 5.32 Å². The molecule has 1 N–H and O–H groups in total. The molecule has 0 radical (unpaired) electrons. The summed E-state index contributed by atoms with van der Waals surface area (Å²) in [4.78, 5) is 0. The lowest BCUT2D eigenvalue weighted by atomic mass is 9.97. The number of nitrogens with one attached hydrogen (secondary N) is 1. The van der Waals surface area contributed by atoms with Gasteiger partial charge in [0.05, 0.1) is 0 Å². The maximum Gasteiger partial charge on any atom is 0.0438 e. The van der Waals surface area contributed by atoms with Crippen LogP contribution in [0.5, 0.6) is 0 Å². The highest BCUT2D eigenvalue weighted by atomic mass is 35.5. The van der Waals surface area contributed by atoms with Crippen LogP contribution in [0.1, 0.15) is 44.2 Å². The minimum atomic E-state index is 0.560. The molecule has 0 aromatic heterocycles. The van der Waals surface area contributed by atoms with Crippen molar-refractivity contribution < 1.29 is 0 Å². The monoisotopic (exact) mass is 239 g/mol. The Balaban J connectivity index is 2.52. The Labute approximate surface area is 104 Å². The molecule has 0 aliphatic rings. The smallest absolute Gasteiger partial charge is 0.0438 e. The largest absolute Gasteiger partial charge is 0.315 e. The molecular formula is C14H22ClN. The van der Waals surface area contributed by atoms with Gasteiger partial charge in [-0.15, -0.1) is 0 Å². The highest BCUT2D eigenvalue weighted by molar-refractivity contribution is 6.31. The third-order valence-electron chi connectivity index (χ3n) is 2.89. The summed E-state index contributed by atoms with van der Waals surface area (Å²) in [6, 6.07) is 6.94. The van der Waals surface area contributed by atoms with Crippen LogP contribution >= 0.6 is 11.6 Å². The van der Waals surface area contributed by atoms with E-state index in [2.05, 4.69) is 44.3 Å². The van der Waals surface area contributed by atoms with Crippen molar-refractivity contribution in [2.24, 2.45) is 0 Å². The maximum atomic E-state index is 6.13. The van der Waals surface area contributed by atoms with Crippen LogP contribution in [0.4, 0.5) is 0 Å². The molecule has 0 saturated heterocycles. The molecule has 0 bridgehead atoms. The lowest BCUT2D eigenvalue weighted by Gasteiger charge is -2.14. The average molecular weight is 240 g/mol. The molecule has 1 nitrogen and oxygen atoms in total. The second-order valence-corrected chi connectivity index (χ2v) is 5.21. The quantitative estimate of drug-likeness (QED) is 0.815. The van der Waals surface area contributed by atoms with Crippen LogP contribution in [0.2, 0.25) is 5.02 Å². The second kappa shape index (κ2) is 6.27. The van der Waals surface area contributed by atoms with E-state index in [1.54, 1.807) is 0 Å². The number of benzene rings is 1. The second-order valence-electron chi connectivity index (χ2n) is 4.81. The molecule has 0 fully saturated rings. The summed E-state index contributed by atoms with van der Waals surface area (Å²) in [5, 5.41) is 4.32. The van der Waals surface area contributed by atoms with Gasteiger partial charge in [0.2, 0.25) is 0 Å². The van der Waals surface area contributed by atoms with Gasteiger partial charge in [-0.25, -0.2) is 0 Å². The Hall–Kier alpha value is -0.530. The van der Waals surface area contributed by atoms with E-state index in [0.717, 1.165) is 23.6 Å². The minimum Gasteiger partial charge on any atom is -0.315 e. The zero-order valence-corrected chi connectivity index (χ0v) is 11.4. The summed E-state index contributed by atoms with van der Waals surface area (Å²) in [5.41, 5.74) is 2.49. The fourth-order valence-electron chi connectivity index (χ4n) is 1.67. The molecule has 0 aliphatic heterocycles. The van der Waals surface area contributed by atoms with Gasteiger partial charge in [0, 0.05) is 11.1 Å². The molecule has 90 valence electrons. The molecule has 16 heavy (non-hydrogen) atoms. The Kier molecular flexibility index (Phi) is 5.30. The van der Waals surface area contributed by atoms with Crippen molar-refractivity contribution in [1.29, 1.82) is 0 Å². The first-order valence-corrected chi connectivity index (χ1v) is 6.38. The van der Waals surface area contributed by atoms with Crippen molar-refractivity contribution in [2.75, 3.05) is 6.54 Å². The fraction of sp³-hybridized carbons (Fsp3) is 0.571. The number of rotatable bonds is 5. The van der Waals surface area contributed by atoms with E-state index in [9.17, 15) is 0 Å². The van der Waals surface area contributed by atoms with Crippen LogP contribution in [-0.2, 0) is 0 Å². The summed E-state index contributed by atoms with van der Waals surface area (Å²) in [7, 11) is 0. The first-order valence-electron chi connectivity index (χ1n) is 6.00. The molecule has 0 aliphatic carbocycles. The van der Waals surface area contributed by atoms with Crippen LogP contribution in [0.3, 0.4) is 0 Å². The van der Waals surface area contributed by atoms with Gasteiger partial charge >= 0.3 is 0 Å². The van der Waals surface area contributed by atoms with Crippen molar-refractivity contribution in [3.63, 3.8) is 0 Å². The normalized spacial score (nSPS) is 13.1. The maximum absolute atomic E-state index is 6.13. The Morgan fingerprint density at radius 1 is 1.25 bits per heavy atom. The summed E-state index contributed by atoms with van der Waals surface area (Å²) < 4.78 is 0. The van der Waals surface area contributed by atoms with Crippen LogP contribution in [0.15, 0.2) is 18.2 Å². The number of halogens is 1. The number of hydrogen-bond acceptors (Lipinski definition) is 1. The molecule has 1 atom stereocenters. The van der Waals surface area contributed by atoms with E-state index in [1.165, 1.54) is 5.56 Å². The zero-order valence-electron chi connectivity index (χ0n) is 10.7. The van der Waals surface area contributed by atoms with Gasteiger partial charge in [-0.2, -0.15) is 0 Å². The first-order chi connectivity index (χ1) is 7.50. The van der Waals surface area contributed by atoms with Crippen LogP contribution in [0, 0.1) is 6.92 Å². The van der Waals surface area contributed by atoms with E-state index >= 15 is 0 Å². The van der Waals surface area contributed by atoms with Gasteiger partial charge in [0.1, 0.15) is 0 Å². The van der Waals surface area contributed by atoms with Crippen molar-refractivity contribution >= 4 is 11.6 Å². The lowest BCUT2D eigenvalue weighted by Crippen LogP contribution is -2.24. The van der Waals surface area contributed by atoms with Gasteiger partial charge in [-0.1, -0.05) is 44.5 Å². The summed E-state index contributed by atoms with van der Waals surface area (Å²) in [6.07, 6.45) is 1.15. The molecule has 0 saturated carbocycles. The third kappa shape index (κ3) is 4.15. The molecule has 1 aromatic carbocycles. The first kappa shape index (κ1) is 13.5. The molecule has 1 aromatic rings. The Bertz CT molecular complexity index is 334. The third-order valence-corrected chi connectivity index (χ3v) is 3.30. The summed E-state index contributed by atoms with van der Waals surface area (Å²) in [6.45, 7) is 9.70. The number of aryl methyl sites for hydroxylation is 1. The number of hydrogen-bond donors (Lipinski definition) is 1. The van der Waals surface area contributed by atoms with Gasteiger partial charge in [-0.05, 0) is 43.0 Å². The molecule has 0 amide bonds. The Morgan fingerprint density at radius 2 is 1.94 bits per heavy atom. The minimum absolute atomic E-state index is 0.560. The molecule has 1 rings (SSSR count). The summed E-state index contributed by atoms with van der Waals surface area (Å²) >= 11 is 6.13. The van der Waals surface area contributed by atoms with E-state index in [0.29, 0.717) is 12.0 Å². The van der Waals surface area contributed by atoms with Gasteiger partial charge in [-0.3, -0.25) is 0 Å². The average Bonchev–Trinajstić information content (AvgIpc) is 2.21. The predicted molar refractivity (Wildman–Crippen MR) is 72.4 cm³/mol. The molecule has 0 heterocycles. The van der Waals surface area contributed by atoms with Crippen molar-refractivity contribution in [3.8, 4) is 0 Å². The SMILES string of the molecule is Cc1ccc(C(C)CCNC(C)C)cc1Cl. The van der Waals surface area contributed by atoms with Gasteiger partial charge in [0.15, 0.2) is 0 Å². The highest BCUT2D eigenvalue weighted by Crippen LogP contribution is 2.24. The van der Waals surface area contributed by atoms with E-state index in [-0.39, 0.29) is 0 Å². The van der Waals surface area contributed by atoms with Crippen LogP contribution < -0.4 is 5.32 Å². The standard InChI is InChI=1S/C14H22ClN/c1-10(2)16-8-7-11(3)13-6-5-12(4)14(15)9-13/h5-6,9-11,16H,7-8H2,1-4H3.